The lowest BCUT2D eigenvalue weighted by molar-refractivity contribution is 0.565. The van der Waals surface area contributed by atoms with Gasteiger partial charge in [0.2, 0.25) is 0 Å². The molecule has 72 valence electrons. The van der Waals surface area contributed by atoms with Crippen molar-refractivity contribution in [2.45, 2.75) is 25.7 Å². The third kappa shape index (κ3) is 2.81. The van der Waals surface area contributed by atoms with Crippen LogP contribution in [-0.4, -0.2) is 6.54 Å². The van der Waals surface area contributed by atoms with Crippen LogP contribution in [0.15, 0.2) is 24.3 Å². The summed E-state index contributed by atoms with van der Waals surface area (Å²) in [4.78, 5) is 0. The predicted molar refractivity (Wildman–Crippen MR) is 53.1 cm³/mol. The number of hydrogen-bond acceptors (Lipinski definition) is 1. The molecule has 0 fully saturated rings. The standard InChI is InChI=1S/C11H16FN/c1-9(5-4-8-13)10-6-2-3-7-11(10)12/h2-3,6-7,9H,4-5,8,13H2,1H3/t9-/m1/s1. The van der Waals surface area contributed by atoms with Crippen LogP contribution < -0.4 is 5.73 Å². The van der Waals surface area contributed by atoms with Crippen LogP contribution in [0, 0.1) is 5.82 Å². The number of halogens is 1. The minimum Gasteiger partial charge on any atom is -0.330 e. The zero-order chi connectivity index (χ0) is 9.68. The summed E-state index contributed by atoms with van der Waals surface area (Å²) in [6.07, 6.45) is 1.91. The van der Waals surface area contributed by atoms with Crippen molar-refractivity contribution < 1.29 is 4.39 Å². The summed E-state index contributed by atoms with van der Waals surface area (Å²) in [6, 6.07) is 6.94. The minimum atomic E-state index is -0.105. The fraction of sp³-hybridized carbons (Fsp3) is 0.455. The second-order valence-electron chi connectivity index (χ2n) is 3.35. The molecule has 0 aliphatic carbocycles. The molecule has 1 atom stereocenters. The van der Waals surface area contributed by atoms with E-state index in [1.165, 1.54) is 6.07 Å². The Balaban J connectivity index is 2.65. The lowest BCUT2D eigenvalue weighted by Gasteiger charge is -2.11. The summed E-state index contributed by atoms with van der Waals surface area (Å²) >= 11 is 0. The first kappa shape index (κ1) is 10.2. The van der Waals surface area contributed by atoms with Crippen molar-refractivity contribution in [2.75, 3.05) is 6.54 Å². The highest BCUT2D eigenvalue weighted by Crippen LogP contribution is 2.22. The first-order valence-electron chi connectivity index (χ1n) is 4.70. The molecule has 0 unspecified atom stereocenters. The average Bonchev–Trinajstić information content (AvgIpc) is 2.15. The van der Waals surface area contributed by atoms with Crippen LogP contribution in [0.2, 0.25) is 0 Å². The smallest absolute Gasteiger partial charge is 0.126 e. The van der Waals surface area contributed by atoms with Crippen molar-refractivity contribution in [3.63, 3.8) is 0 Å². The summed E-state index contributed by atoms with van der Waals surface area (Å²) < 4.78 is 13.2. The zero-order valence-electron chi connectivity index (χ0n) is 7.96. The molecule has 0 heterocycles. The van der Waals surface area contributed by atoms with Crippen molar-refractivity contribution >= 4 is 0 Å². The predicted octanol–water partition coefficient (Wildman–Crippen LogP) is 2.67. The molecular formula is C11H16FN. The van der Waals surface area contributed by atoms with Crippen LogP contribution in [0.1, 0.15) is 31.2 Å². The summed E-state index contributed by atoms with van der Waals surface area (Å²) in [5.74, 6) is 0.164. The van der Waals surface area contributed by atoms with E-state index in [0.717, 1.165) is 18.4 Å². The Morgan fingerprint density at radius 2 is 2.08 bits per heavy atom. The average molecular weight is 181 g/mol. The number of hydrogen-bond donors (Lipinski definition) is 1. The molecule has 0 aromatic heterocycles. The molecule has 0 aliphatic heterocycles. The molecule has 1 aromatic carbocycles. The molecule has 0 bridgehead atoms. The van der Waals surface area contributed by atoms with Crippen LogP contribution in [0.4, 0.5) is 4.39 Å². The van der Waals surface area contributed by atoms with Crippen molar-refractivity contribution in [3.8, 4) is 0 Å². The summed E-state index contributed by atoms with van der Waals surface area (Å²) in [7, 11) is 0. The van der Waals surface area contributed by atoms with Crippen LogP contribution in [-0.2, 0) is 0 Å². The second kappa shape index (κ2) is 4.97. The van der Waals surface area contributed by atoms with Gasteiger partial charge in [0.1, 0.15) is 5.82 Å². The monoisotopic (exact) mass is 181 g/mol. The van der Waals surface area contributed by atoms with E-state index >= 15 is 0 Å². The van der Waals surface area contributed by atoms with Gasteiger partial charge >= 0.3 is 0 Å². The molecule has 0 aliphatic rings. The van der Waals surface area contributed by atoms with Gasteiger partial charge in [-0.3, -0.25) is 0 Å². The van der Waals surface area contributed by atoms with Crippen molar-refractivity contribution in [1.82, 2.24) is 0 Å². The fourth-order valence-electron chi connectivity index (χ4n) is 1.45. The molecule has 13 heavy (non-hydrogen) atoms. The van der Waals surface area contributed by atoms with Crippen LogP contribution >= 0.6 is 0 Å². The molecule has 0 amide bonds. The maximum atomic E-state index is 13.2. The third-order valence-corrected chi connectivity index (χ3v) is 2.28. The Labute approximate surface area is 78.8 Å². The molecule has 1 nitrogen and oxygen atoms in total. The molecule has 1 aromatic rings. The number of rotatable bonds is 4. The quantitative estimate of drug-likeness (QED) is 0.759. The van der Waals surface area contributed by atoms with E-state index < -0.39 is 0 Å². The van der Waals surface area contributed by atoms with Gasteiger partial charge in [0.05, 0.1) is 0 Å². The molecule has 0 radical (unpaired) electrons. The van der Waals surface area contributed by atoms with Gasteiger partial charge in [0.15, 0.2) is 0 Å². The Morgan fingerprint density at radius 1 is 1.38 bits per heavy atom. The van der Waals surface area contributed by atoms with Gasteiger partial charge in [-0.15, -0.1) is 0 Å². The molecule has 0 spiro atoms. The Morgan fingerprint density at radius 3 is 2.69 bits per heavy atom. The van der Waals surface area contributed by atoms with E-state index in [9.17, 15) is 4.39 Å². The topological polar surface area (TPSA) is 26.0 Å². The fourth-order valence-corrected chi connectivity index (χ4v) is 1.45. The molecular weight excluding hydrogens is 165 g/mol. The van der Waals surface area contributed by atoms with Crippen LogP contribution in [0.5, 0.6) is 0 Å². The van der Waals surface area contributed by atoms with E-state index in [1.54, 1.807) is 6.07 Å². The van der Waals surface area contributed by atoms with E-state index in [1.807, 2.05) is 19.1 Å². The number of nitrogens with two attached hydrogens (primary N) is 1. The Kier molecular flexibility index (Phi) is 3.90. The van der Waals surface area contributed by atoms with E-state index in [2.05, 4.69) is 0 Å². The Bertz CT molecular complexity index is 260. The Hall–Kier alpha value is -0.890. The van der Waals surface area contributed by atoms with Gasteiger partial charge in [-0.2, -0.15) is 0 Å². The second-order valence-corrected chi connectivity index (χ2v) is 3.35. The minimum absolute atomic E-state index is 0.105. The molecule has 0 saturated heterocycles. The van der Waals surface area contributed by atoms with Crippen LogP contribution in [0.3, 0.4) is 0 Å². The highest BCUT2D eigenvalue weighted by molar-refractivity contribution is 5.20. The summed E-state index contributed by atoms with van der Waals surface area (Å²) in [5, 5.41) is 0. The van der Waals surface area contributed by atoms with E-state index in [4.69, 9.17) is 5.73 Å². The van der Waals surface area contributed by atoms with Gasteiger partial charge < -0.3 is 5.73 Å². The van der Waals surface area contributed by atoms with E-state index in [-0.39, 0.29) is 11.7 Å². The first-order valence-corrected chi connectivity index (χ1v) is 4.70. The summed E-state index contributed by atoms with van der Waals surface area (Å²) in [6.45, 7) is 2.72. The maximum Gasteiger partial charge on any atom is 0.126 e. The zero-order valence-corrected chi connectivity index (χ0v) is 7.96. The van der Waals surface area contributed by atoms with Crippen molar-refractivity contribution in [1.29, 1.82) is 0 Å². The normalized spacial score (nSPS) is 12.8. The van der Waals surface area contributed by atoms with Gasteiger partial charge in [0.25, 0.3) is 0 Å². The molecule has 0 saturated carbocycles. The van der Waals surface area contributed by atoms with Crippen molar-refractivity contribution in [2.24, 2.45) is 5.73 Å². The molecule has 1 rings (SSSR count). The van der Waals surface area contributed by atoms with Gasteiger partial charge in [-0.05, 0) is 36.9 Å². The summed E-state index contributed by atoms with van der Waals surface area (Å²) in [5.41, 5.74) is 6.20. The van der Waals surface area contributed by atoms with Gasteiger partial charge in [0, 0.05) is 0 Å². The largest absolute Gasteiger partial charge is 0.330 e. The highest BCUT2D eigenvalue weighted by atomic mass is 19.1. The molecule has 2 heteroatoms. The highest BCUT2D eigenvalue weighted by Gasteiger charge is 2.08. The first-order chi connectivity index (χ1) is 6.25. The van der Waals surface area contributed by atoms with E-state index in [0.29, 0.717) is 6.54 Å². The van der Waals surface area contributed by atoms with Gasteiger partial charge in [-0.1, -0.05) is 25.1 Å². The number of benzene rings is 1. The molecule has 2 N–H and O–H groups in total. The van der Waals surface area contributed by atoms with Gasteiger partial charge in [-0.25, -0.2) is 4.39 Å². The third-order valence-electron chi connectivity index (χ3n) is 2.28. The lowest BCUT2D eigenvalue weighted by Crippen LogP contribution is -2.03. The van der Waals surface area contributed by atoms with Crippen LogP contribution in [0.25, 0.3) is 0 Å². The maximum absolute atomic E-state index is 13.2. The SMILES string of the molecule is C[C@H](CCCN)c1ccccc1F. The van der Waals surface area contributed by atoms with Crippen molar-refractivity contribution in [3.05, 3.63) is 35.6 Å². The lowest BCUT2D eigenvalue weighted by atomic mass is 9.96.